The number of aliphatic hydroxyl groups excluding tert-OH is 1. The monoisotopic (exact) mass is 262 g/mol. The van der Waals surface area contributed by atoms with Crippen molar-refractivity contribution in [1.29, 1.82) is 0 Å². The van der Waals surface area contributed by atoms with Gasteiger partial charge in [0.25, 0.3) is 0 Å². The fourth-order valence-corrected chi connectivity index (χ4v) is 1.88. The molecule has 1 aromatic carbocycles. The Labute approximate surface area is 114 Å². The van der Waals surface area contributed by atoms with Crippen LogP contribution >= 0.6 is 0 Å². The van der Waals surface area contributed by atoms with E-state index in [1.807, 2.05) is 31.2 Å². The molecule has 2 unspecified atom stereocenters. The van der Waals surface area contributed by atoms with E-state index < -0.39 is 0 Å². The summed E-state index contributed by atoms with van der Waals surface area (Å²) in [5.74, 6) is -0.354. The average Bonchev–Trinajstić information content (AvgIpc) is 2.27. The molecule has 0 radical (unpaired) electrons. The first-order valence-corrected chi connectivity index (χ1v) is 6.51. The van der Waals surface area contributed by atoms with Crippen LogP contribution in [0.5, 0.6) is 0 Å². The lowest BCUT2D eigenvalue weighted by atomic mass is 10.0. The highest BCUT2D eigenvalue weighted by Crippen LogP contribution is 2.12. The number of rotatable bonds is 6. The topological polar surface area (TPSA) is 46.5 Å². The van der Waals surface area contributed by atoms with Gasteiger partial charge in [-0.25, -0.2) is 4.79 Å². The Bertz CT molecular complexity index is 449. The summed E-state index contributed by atoms with van der Waals surface area (Å²) in [6, 6.07) is 7.98. The van der Waals surface area contributed by atoms with Crippen LogP contribution in [0.25, 0.3) is 0 Å². The van der Waals surface area contributed by atoms with E-state index in [1.165, 1.54) is 0 Å². The van der Waals surface area contributed by atoms with Crippen molar-refractivity contribution in [2.24, 2.45) is 0 Å². The number of ether oxygens (including phenoxy) is 1. The molecule has 2 atom stereocenters. The molecule has 0 spiro atoms. The number of carbonyl (C=O) groups excluding carboxylic acids is 1. The van der Waals surface area contributed by atoms with Crippen LogP contribution < -0.4 is 0 Å². The van der Waals surface area contributed by atoms with E-state index in [-0.39, 0.29) is 18.2 Å². The first kappa shape index (κ1) is 15.4. The second kappa shape index (κ2) is 7.10. The SMILES string of the molecule is C=C(C)C(=O)OC(C)Cc1cccc(CC(C)O)c1. The number of benzene rings is 1. The number of aliphatic hydroxyl groups is 1. The molecule has 0 heterocycles. The quantitative estimate of drug-likeness (QED) is 0.633. The molecular formula is C16H22O3. The van der Waals surface area contributed by atoms with E-state index in [1.54, 1.807) is 13.8 Å². The largest absolute Gasteiger partial charge is 0.459 e. The first-order chi connectivity index (χ1) is 8.88. The van der Waals surface area contributed by atoms with Crippen LogP contribution in [-0.2, 0) is 22.4 Å². The highest BCUT2D eigenvalue weighted by atomic mass is 16.5. The maximum Gasteiger partial charge on any atom is 0.333 e. The van der Waals surface area contributed by atoms with E-state index in [0.29, 0.717) is 18.4 Å². The van der Waals surface area contributed by atoms with Crippen LogP contribution in [0.1, 0.15) is 31.9 Å². The molecule has 1 rings (SSSR count). The van der Waals surface area contributed by atoms with Gasteiger partial charge in [0.15, 0.2) is 0 Å². The van der Waals surface area contributed by atoms with Gasteiger partial charge in [0.2, 0.25) is 0 Å². The first-order valence-electron chi connectivity index (χ1n) is 6.51. The second-order valence-corrected chi connectivity index (χ2v) is 5.07. The number of carbonyl (C=O) groups is 1. The van der Waals surface area contributed by atoms with Gasteiger partial charge in [0.05, 0.1) is 6.10 Å². The van der Waals surface area contributed by atoms with Crippen LogP contribution in [0, 0.1) is 0 Å². The lowest BCUT2D eigenvalue weighted by Gasteiger charge is -2.14. The summed E-state index contributed by atoms with van der Waals surface area (Å²) >= 11 is 0. The van der Waals surface area contributed by atoms with Crippen LogP contribution in [0.3, 0.4) is 0 Å². The minimum Gasteiger partial charge on any atom is -0.459 e. The Morgan fingerprint density at radius 3 is 2.42 bits per heavy atom. The Kier molecular flexibility index (Phi) is 5.77. The third-order valence-electron chi connectivity index (χ3n) is 2.70. The maximum atomic E-state index is 11.4. The van der Waals surface area contributed by atoms with Crippen molar-refractivity contribution in [2.75, 3.05) is 0 Å². The summed E-state index contributed by atoms with van der Waals surface area (Å²) < 4.78 is 5.25. The van der Waals surface area contributed by atoms with Crippen LogP contribution in [0.2, 0.25) is 0 Å². The molecule has 0 aliphatic carbocycles. The molecular weight excluding hydrogens is 240 g/mol. The highest BCUT2D eigenvalue weighted by molar-refractivity contribution is 5.87. The van der Waals surface area contributed by atoms with Gasteiger partial charge in [-0.3, -0.25) is 0 Å². The lowest BCUT2D eigenvalue weighted by molar-refractivity contribution is -0.143. The zero-order valence-electron chi connectivity index (χ0n) is 11.8. The molecule has 3 heteroatoms. The molecule has 1 N–H and O–H groups in total. The maximum absolute atomic E-state index is 11.4. The normalized spacial score (nSPS) is 13.7. The van der Waals surface area contributed by atoms with Gasteiger partial charge in [-0.1, -0.05) is 30.8 Å². The summed E-state index contributed by atoms with van der Waals surface area (Å²) in [5.41, 5.74) is 2.60. The smallest absolute Gasteiger partial charge is 0.333 e. The molecule has 0 aliphatic rings. The number of hydrogen-bond donors (Lipinski definition) is 1. The van der Waals surface area contributed by atoms with Crippen LogP contribution in [-0.4, -0.2) is 23.3 Å². The fourth-order valence-electron chi connectivity index (χ4n) is 1.88. The van der Waals surface area contributed by atoms with E-state index in [0.717, 1.165) is 11.1 Å². The minimum absolute atomic E-state index is 0.189. The molecule has 1 aromatic rings. The minimum atomic E-state index is -0.354. The van der Waals surface area contributed by atoms with Crippen molar-refractivity contribution < 1.29 is 14.6 Å². The zero-order valence-corrected chi connectivity index (χ0v) is 11.8. The van der Waals surface area contributed by atoms with Gasteiger partial charge < -0.3 is 9.84 Å². The molecule has 0 fully saturated rings. The van der Waals surface area contributed by atoms with Crippen molar-refractivity contribution in [3.8, 4) is 0 Å². The Morgan fingerprint density at radius 2 is 1.89 bits per heavy atom. The van der Waals surface area contributed by atoms with Crippen LogP contribution in [0.4, 0.5) is 0 Å². The van der Waals surface area contributed by atoms with E-state index in [9.17, 15) is 9.90 Å². The van der Waals surface area contributed by atoms with Gasteiger partial charge in [0.1, 0.15) is 6.10 Å². The molecule has 0 saturated heterocycles. The predicted molar refractivity (Wildman–Crippen MR) is 75.9 cm³/mol. The third-order valence-corrected chi connectivity index (χ3v) is 2.70. The van der Waals surface area contributed by atoms with Crippen molar-refractivity contribution in [1.82, 2.24) is 0 Å². The van der Waals surface area contributed by atoms with Crippen molar-refractivity contribution >= 4 is 5.97 Å². The second-order valence-electron chi connectivity index (χ2n) is 5.07. The predicted octanol–water partition coefficient (Wildman–Crippen LogP) is 2.66. The molecule has 0 aromatic heterocycles. The van der Waals surface area contributed by atoms with Crippen molar-refractivity contribution in [3.63, 3.8) is 0 Å². The van der Waals surface area contributed by atoms with Gasteiger partial charge >= 0.3 is 5.97 Å². The number of hydrogen-bond acceptors (Lipinski definition) is 3. The molecule has 0 saturated carbocycles. The highest BCUT2D eigenvalue weighted by Gasteiger charge is 2.11. The molecule has 3 nitrogen and oxygen atoms in total. The summed E-state index contributed by atoms with van der Waals surface area (Å²) in [4.78, 5) is 11.4. The molecule has 104 valence electrons. The van der Waals surface area contributed by atoms with E-state index in [2.05, 4.69) is 6.58 Å². The lowest BCUT2D eigenvalue weighted by Crippen LogP contribution is -2.17. The Morgan fingerprint density at radius 1 is 1.32 bits per heavy atom. The molecule has 0 amide bonds. The average molecular weight is 262 g/mol. The molecule has 0 aliphatic heterocycles. The Balaban J connectivity index is 2.61. The number of esters is 1. The Hall–Kier alpha value is -1.61. The van der Waals surface area contributed by atoms with Crippen LogP contribution in [0.15, 0.2) is 36.4 Å². The van der Waals surface area contributed by atoms with Crippen molar-refractivity contribution in [3.05, 3.63) is 47.5 Å². The van der Waals surface area contributed by atoms with E-state index >= 15 is 0 Å². The molecule has 0 bridgehead atoms. The zero-order chi connectivity index (χ0) is 14.4. The van der Waals surface area contributed by atoms with Crippen molar-refractivity contribution in [2.45, 2.75) is 45.8 Å². The van der Waals surface area contributed by atoms with Gasteiger partial charge in [0, 0.05) is 12.0 Å². The van der Waals surface area contributed by atoms with Gasteiger partial charge in [-0.2, -0.15) is 0 Å². The van der Waals surface area contributed by atoms with E-state index in [4.69, 9.17) is 4.74 Å². The third kappa shape index (κ3) is 5.71. The summed E-state index contributed by atoms with van der Waals surface area (Å²) in [5, 5.41) is 9.38. The summed E-state index contributed by atoms with van der Waals surface area (Å²) in [6.45, 7) is 8.83. The summed E-state index contributed by atoms with van der Waals surface area (Å²) in [7, 11) is 0. The standard InChI is InChI=1S/C16H22O3/c1-11(2)16(18)19-13(4)9-15-7-5-6-14(10-15)8-12(3)17/h5-7,10,12-13,17H,1,8-9H2,2-4H3. The van der Waals surface area contributed by atoms with Gasteiger partial charge in [-0.15, -0.1) is 0 Å². The summed E-state index contributed by atoms with van der Waals surface area (Å²) in [6.07, 6.45) is 0.750. The van der Waals surface area contributed by atoms with Gasteiger partial charge in [-0.05, 0) is 38.3 Å². The molecule has 19 heavy (non-hydrogen) atoms. The fraction of sp³-hybridized carbons (Fsp3) is 0.438.